The highest BCUT2D eigenvalue weighted by Crippen LogP contribution is 2.22. The first-order chi connectivity index (χ1) is 9.97. The van der Waals surface area contributed by atoms with Crippen molar-refractivity contribution in [3.63, 3.8) is 0 Å². The summed E-state index contributed by atoms with van der Waals surface area (Å²) >= 11 is 0. The first-order valence-electron chi connectivity index (χ1n) is 6.29. The fourth-order valence-electron chi connectivity index (χ4n) is 2.02. The summed E-state index contributed by atoms with van der Waals surface area (Å²) < 4.78 is 27.5. The molecule has 3 N–H and O–H groups in total. The van der Waals surface area contributed by atoms with Gasteiger partial charge in [0.25, 0.3) is 10.0 Å². The second-order valence-corrected chi connectivity index (χ2v) is 6.21. The van der Waals surface area contributed by atoms with Crippen LogP contribution in [0.4, 0.5) is 5.69 Å². The first-order valence-corrected chi connectivity index (χ1v) is 7.78. The van der Waals surface area contributed by atoms with E-state index in [1.807, 2.05) is 6.07 Å². The van der Waals surface area contributed by atoms with Crippen molar-refractivity contribution in [1.82, 2.24) is 0 Å². The highest BCUT2D eigenvalue weighted by atomic mass is 32.2. The van der Waals surface area contributed by atoms with E-state index in [0.29, 0.717) is 22.4 Å². The molecule has 0 radical (unpaired) electrons. The zero-order valence-corrected chi connectivity index (χ0v) is 12.3. The summed E-state index contributed by atoms with van der Waals surface area (Å²) in [6.45, 7) is 1.90. The zero-order valence-electron chi connectivity index (χ0n) is 11.5. The van der Waals surface area contributed by atoms with E-state index in [9.17, 15) is 8.42 Å². The van der Waals surface area contributed by atoms with Gasteiger partial charge < -0.3 is 5.73 Å². The summed E-state index contributed by atoms with van der Waals surface area (Å²) in [7, 11) is -3.72. The van der Waals surface area contributed by atoms with E-state index >= 15 is 0 Å². The summed E-state index contributed by atoms with van der Waals surface area (Å²) in [5, 5.41) is 8.83. The molecule has 5 nitrogen and oxygen atoms in total. The Bertz CT molecular complexity index is 808. The fraction of sp³-hybridized carbons (Fsp3) is 0.133. The number of anilines is 1. The van der Waals surface area contributed by atoms with Gasteiger partial charge in [-0.15, -0.1) is 0 Å². The standard InChI is InChI=1S/C15H15N3O2S/c1-11-8-12(9-16)6-7-15(11)21(19,20)18-14-5-3-2-4-13(14)10-17/h2-8,18H,10,17H2,1H3. The summed E-state index contributed by atoms with van der Waals surface area (Å²) in [6, 6.07) is 13.4. The molecule has 0 unspecified atom stereocenters. The maximum absolute atomic E-state index is 12.5. The number of nitrogens with one attached hydrogen (secondary N) is 1. The van der Waals surface area contributed by atoms with E-state index in [4.69, 9.17) is 11.0 Å². The van der Waals surface area contributed by atoms with Gasteiger partial charge in [0.1, 0.15) is 0 Å². The Kier molecular flexibility index (Phi) is 4.26. The molecule has 0 aliphatic heterocycles. The Morgan fingerprint density at radius 3 is 2.57 bits per heavy atom. The molecule has 0 aliphatic carbocycles. The Labute approximate surface area is 124 Å². The summed E-state index contributed by atoms with van der Waals surface area (Å²) in [5.74, 6) is 0. The topological polar surface area (TPSA) is 96.0 Å². The van der Waals surface area contributed by atoms with Gasteiger partial charge in [0.05, 0.1) is 22.2 Å². The number of hydrogen-bond donors (Lipinski definition) is 2. The molecule has 2 aromatic carbocycles. The van der Waals surface area contributed by atoms with E-state index < -0.39 is 10.0 Å². The molecule has 0 heterocycles. The molecule has 0 spiro atoms. The van der Waals surface area contributed by atoms with Crippen LogP contribution in [0.2, 0.25) is 0 Å². The Morgan fingerprint density at radius 1 is 1.24 bits per heavy atom. The third-order valence-electron chi connectivity index (χ3n) is 3.08. The smallest absolute Gasteiger partial charge is 0.262 e. The maximum Gasteiger partial charge on any atom is 0.262 e. The van der Waals surface area contributed by atoms with E-state index in [2.05, 4.69) is 4.72 Å². The van der Waals surface area contributed by atoms with Crippen molar-refractivity contribution in [2.24, 2.45) is 5.73 Å². The second-order valence-electron chi connectivity index (χ2n) is 4.56. The van der Waals surface area contributed by atoms with Crippen molar-refractivity contribution in [2.75, 3.05) is 4.72 Å². The molecule has 0 saturated heterocycles. The molecule has 0 atom stereocenters. The van der Waals surface area contributed by atoms with Gasteiger partial charge in [-0.3, -0.25) is 4.72 Å². The lowest BCUT2D eigenvalue weighted by atomic mass is 10.2. The molecular weight excluding hydrogens is 286 g/mol. The molecule has 2 rings (SSSR count). The SMILES string of the molecule is Cc1cc(C#N)ccc1S(=O)(=O)Nc1ccccc1CN. The van der Waals surface area contributed by atoms with Crippen molar-refractivity contribution >= 4 is 15.7 Å². The van der Waals surface area contributed by atoms with Gasteiger partial charge in [-0.2, -0.15) is 5.26 Å². The minimum Gasteiger partial charge on any atom is -0.326 e. The molecule has 0 aromatic heterocycles. The summed E-state index contributed by atoms with van der Waals surface area (Å²) in [6.07, 6.45) is 0. The quantitative estimate of drug-likeness (QED) is 0.904. The van der Waals surface area contributed by atoms with Crippen LogP contribution in [0.25, 0.3) is 0 Å². The molecule has 108 valence electrons. The number of rotatable bonds is 4. The normalized spacial score (nSPS) is 10.9. The van der Waals surface area contributed by atoms with Gasteiger partial charge >= 0.3 is 0 Å². The first kappa shape index (κ1) is 15.0. The summed E-state index contributed by atoms with van der Waals surface area (Å²) in [4.78, 5) is 0.147. The van der Waals surface area contributed by atoms with Gasteiger partial charge in [-0.05, 0) is 42.3 Å². The largest absolute Gasteiger partial charge is 0.326 e. The van der Waals surface area contributed by atoms with Crippen molar-refractivity contribution in [3.8, 4) is 6.07 Å². The number of para-hydroxylation sites is 1. The average molecular weight is 301 g/mol. The number of nitrogens with zero attached hydrogens (tertiary/aromatic N) is 1. The lowest BCUT2D eigenvalue weighted by Crippen LogP contribution is -2.16. The Hall–Kier alpha value is -2.36. The lowest BCUT2D eigenvalue weighted by Gasteiger charge is -2.13. The predicted octanol–water partition coefficient (Wildman–Crippen LogP) is 2.13. The third-order valence-corrected chi connectivity index (χ3v) is 4.60. The molecule has 6 heteroatoms. The van der Waals surface area contributed by atoms with Crippen molar-refractivity contribution in [1.29, 1.82) is 5.26 Å². The van der Waals surface area contributed by atoms with Gasteiger partial charge in [-0.25, -0.2) is 8.42 Å². The fourth-order valence-corrected chi connectivity index (χ4v) is 3.35. The number of nitriles is 1. The van der Waals surface area contributed by atoms with Crippen LogP contribution in [0.3, 0.4) is 0 Å². The van der Waals surface area contributed by atoms with Crippen molar-refractivity contribution in [3.05, 3.63) is 59.2 Å². The average Bonchev–Trinajstić information content (AvgIpc) is 2.47. The highest BCUT2D eigenvalue weighted by molar-refractivity contribution is 7.92. The van der Waals surface area contributed by atoms with Crippen LogP contribution < -0.4 is 10.5 Å². The number of nitrogens with two attached hydrogens (primary N) is 1. The number of aryl methyl sites for hydroxylation is 1. The molecule has 0 bridgehead atoms. The van der Waals surface area contributed by atoms with E-state index in [1.165, 1.54) is 12.1 Å². The Balaban J connectivity index is 2.42. The molecule has 2 aromatic rings. The molecular formula is C15H15N3O2S. The Morgan fingerprint density at radius 2 is 1.95 bits per heavy atom. The number of benzene rings is 2. The third kappa shape index (κ3) is 3.21. The van der Waals surface area contributed by atoms with Crippen LogP contribution >= 0.6 is 0 Å². The molecule has 21 heavy (non-hydrogen) atoms. The molecule has 0 amide bonds. The van der Waals surface area contributed by atoms with E-state index in [0.717, 1.165) is 0 Å². The van der Waals surface area contributed by atoms with Crippen LogP contribution in [0.1, 0.15) is 16.7 Å². The van der Waals surface area contributed by atoms with Crippen LogP contribution in [0.5, 0.6) is 0 Å². The van der Waals surface area contributed by atoms with Crippen LogP contribution in [-0.2, 0) is 16.6 Å². The van der Waals surface area contributed by atoms with Gasteiger partial charge in [0.15, 0.2) is 0 Å². The van der Waals surface area contributed by atoms with Crippen LogP contribution in [0, 0.1) is 18.3 Å². The van der Waals surface area contributed by atoms with E-state index in [-0.39, 0.29) is 11.4 Å². The lowest BCUT2D eigenvalue weighted by molar-refractivity contribution is 0.600. The minimum absolute atomic E-state index is 0.147. The van der Waals surface area contributed by atoms with E-state index in [1.54, 1.807) is 37.3 Å². The highest BCUT2D eigenvalue weighted by Gasteiger charge is 2.18. The zero-order chi connectivity index (χ0) is 15.5. The minimum atomic E-state index is -3.72. The van der Waals surface area contributed by atoms with Crippen LogP contribution in [-0.4, -0.2) is 8.42 Å². The summed E-state index contributed by atoms with van der Waals surface area (Å²) in [5.41, 5.74) is 7.73. The van der Waals surface area contributed by atoms with Gasteiger partial charge in [-0.1, -0.05) is 18.2 Å². The number of hydrogen-bond acceptors (Lipinski definition) is 4. The maximum atomic E-state index is 12.5. The van der Waals surface area contributed by atoms with Gasteiger partial charge in [0, 0.05) is 6.54 Å². The van der Waals surface area contributed by atoms with Crippen LogP contribution in [0.15, 0.2) is 47.4 Å². The molecule has 0 aliphatic rings. The molecule has 0 fully saturated rings. The number of sulfonamides is 1. The second kappa shape index (κ2) is 5.95. The monoisotopic (exact) mass is 301 g/mol. The van der Waals surface area contributed by atoms with Gasteiger partial charge in [0.2, 0.25) is 0 Å². The molecule has 0 saturated carbocycles. The van der Waals surface area contributed by atoms with Crippen molar-refractivity contribution in [2.45, 2.75) is 18.4 Å². The van der Waals surface area contributed by atoms with Crippen molar-refractivity contribution < 1.29 is 8.42 Å². The predicted molar refractivity (Wildman–Crippen MR) is 81.0 cm³/mol.